The van der Waals surface area contributed by atoms with Crippen LogP contribution in [-0.2, 0) is 4.79 Å². The lowest BCUT2D eigenvalue weighted by Gasteiger charge is -2.36. The number of hydrogen-bond donors (Lipinski definition) is 2. The van der Waals surface area contributed by atoms with Gasteiger partial charge in [0.1, 0.15) is 0 Å². The Labute approximate surface area is 144 Å². The topological polar surface area (TPSA) is 44.4 Å². The monoisotopic (exact) mass is 345 g/mol. The molecule has 4 nitrogen and oxygen atoms in total. The SMILES string of the molecule is CC(C)(C)NC(=O)CN1CCNCC1c1cccc(Cl)c1.Cl. The Kier molecular flexibility index (Phi) is 7.13. The first-order chi connectivity index (χ1) is 9.85. The van der Waals surface area contributed by atoms with Gasteiger partial charge in [0.05, 0.1) is 6.54 Å². The predicted molar refractivity (Wildman–Crippen MR) is 93.8 cm³/mol. The van der Waals surface area contributed by atoms with Crippen LogP contribution in [0.2, 0.25) is 5.02 Å². The van der Waals surface area contributed by atoms with Crippen LogP contribution < -0.4 is 10.6 Å². The molecule has 1 saturated heterocycles. The molecule has 22 heavy (non-hydrogen) atoms. The molecule has 0 bridgehead atoms. The zero-order valence-corrected chi connectivity index (χ0v) is 14.9. The van der Waals surface area contributed by atoms with Crippen molar-refractivity contribution in [3.05, 3.63) is 34.9 Å². The summed E-state index contributed by atoms with van der Waals surface area (Å²) in [6, 6.07) is 8.06. The molecule has 0 saturated carbocycles. The van der Waals surface area contributed by atoms with Crippen molar-refractivity contribution in [1.82, 2.24) is 15.5 Å². The van der Waals surface area contributed by atoms with E-state index in [1.165, 1.54) is 0 Å². The first-order valence-electron chi connectivity index (χ1n) is 7.36. The van der Waals surface area contributed by atoms with Gasteiger partial charge in [0.25, 0.3) is 0 Å². The van der Waals surface area contributed by atoms with Crippen molar-refractivity contribution < 1.29 is 4.79 Å². The minimum Gasteiger partial charge on any atom is -0.350 e. The molecule has 6 heteroatoms. The van der Waals surface area contributed by atoms with E-state index in [1.54, 1.807) is 0 Å². The highest BCUT2D eigenvalue weighted by Gasteiger charge is 2.26. The summed E-state index contributed by atoms with van der Waals surface area (Å²) >= 11 is 6.09. The van der Waals surface area contributed by atoms with Gasteiger partial charge in [0, 0.05) is 36.2 Å². The number of nitrogens with one attached hydrogen (secondary N) is 2. The lowest BCUT2D eigenvalue weighted by atomic mass is 10.0. The first-order valence-corrected chi connectivity index (χ1v) is 7.74. The number of piperazine rings is 1. The summed E-state index contributed by atoms with van der Waals surface area (Å²) < 4.78 is 0. The van der Waals surface area contributed by atoms with Crippen LogP contribution in [0, 0.1) is 0 Å². The van der Waals surface area contributed by atoms with Crippen LogP contribution in [0.1, 0.15) is 32.4 Å². The third-order valence-corrected chi connectivity index (χ3v) is 3.68. The number of nitrogens with zero attached hydrogens (tertiary/aromatic N) is 1. The van der Waals surface area contributed by atoms with Crippen LogP contribution >= 0.6 is 24.0 Å². The van der Waals surface area contributed by atoms with E-state index in [2.05, 4.69) is 21.6 Å². The largest absolute Gasteiger partial charge is 0.350 e. The summed E-state index contributed by atoms with van der Waals surface area (Å²) in [7, 11) is 0. The maximum absolute atomic E-state index is 12.2. The second-order valence-corrected chi connectivity index (χ2v) is 6.98. The van der Waals surface area contributed by atoms with Crippen LogP contribution in [0.5, 0.6) is 0 Å². The molecule has 0 spiro atoms. The van der Waals surface area contributed by atoms with E-state index < -0.39 is 0 Å². The third kappa shape index (κ3) is 5.76. The van der Waals surface area contributed by atoms with Crippen molar-refractivity contribution in [2.24, 2.45) is 0 Å². The van der Waals surface area contributed by atoms with Gasteiger partial charge in [-0.15, -0.1) is 12.4 Å². The molecule has 1 atom stereocenters. The van der Waals surface area contributed by atoms with E-state index in [1.807, 2.05) is 39.0 Å². The van der Waals surface area contributed by atoms with Gasteiger partial charge < -0.3 is 10.6 Å². The molecule has 2 N–H and O–H groups in total. The third-order valence-electron chi connectivity index (χ3n) is 3.45. The van der Waals surface area contributed by atoms with Crippen LogP contribution in [0.3, 0.4) is 0 Å². The second kappa shape index (κ2) is 8.16. The summed E-state index contributed by atoms with van der Waals surface area (Å²) in [5, 5.41) is 7.14. The number of amides is 1. The molecule has 1 unspecified atom stereocenters. The summed E-state index contributed by atoms with van der Waals surface area (Å²) in [5.41, 5.74) is 0.953. The van der Waals surface area contributed by atoms with Gasteiger partial charge in [-0.25, -0.2) is 0 Å². The van der Waals surface area contributed by atoms with Crippen LogP contribution in [-0.4, -0.2) is 42.5 Å². The van der Waals surface area contributed by atoms with Crippen LogP contribution in [0.4, 0.5) is 0 Å². The molecule has 124 valence electrons. The average Bonchev–Trinajstić information content (AvgIpc) is 2.37. The molecule has 1 aliphatic rings. The molecule has 0 aliphatic carbocycles. The number of benzene rings is 1. The van der Waals surface area contributed by atoms with E-state index in [-0.39, 0.29) is 29.9 Å². The van der Waals surface area contributed by atoms with Gasteiger partial charge in [-0.05, 0) is 38.5 Å². The maximum Gasteiger partial charge on any atom is 0.234 e. The van der Waals surface area contributed by atoms with E-state index in [4.69, 9.17) is 11.6 Å². The summed E-state index contributed by atoms with van der Waals surface area (Å²) in [6.07, 6.45) is 0. The predicted octanol–water partition coefficient (Wildman–Crippen LogP) is 2.62. The maximum atomic E-state index is 12.2. The van der Waals surface area contributed by atoms with Crippen LogP contribution in [0.25, 0.3) is 0 Å². The fourth-order valence-corrected chi connectivity index (χ4v) is 2.82. The van der Waals surface area contributed by atoms with Gasteiger partial charge >= 0.3 is 0 Å². The molecule has 1 heterocycles. The average molecular weight is 346 g/mol. The standard InChI is InChI=1S/C16H24ClN3O.ClH/c1-16(2,3)19-15(21)11-20-8-7-18-10-14(20)12-5-4-6-13(17)9-12;/h4-6,9,14,18H,7-8,10-11H2,1-3H3,(H,19,21);1H. The number of rotatable bonds is 3. The minimum atomic E-state index is -0.198. The fraction of sp³-hybridized carbons (Fsp3) is 0.562. The van der Waals surface area contributed by atoms with E-state index in [0.29, 0.717) is 6.54 Å². The van der Waals surface area contributed by atoms with Crippen molar-refractivity contribution in [2.45, 2.75) is 32.4 Å². The molecule has 2 rings (SSSR count). The molecule has 1 aliphatic heterocycles. The fourth-order valence-electron chi connectivity index (χ4n) is 2.62. The number of carbonyl (C=O) groups excluding carboxylic acids is 1. The number of carbonyl (C=O) groups is 1. The minimum absolute atomic E-state index is 0. The van der Waals surface area contributed by atoms with Gasteiger partial charge in [0.15, 0.2) is 0 Å². The van der Waals surface area contributed by atoms with Crippen LogP contribution in [0.15, 0.2) is 24.3 Å². The van der Waals surface area contributed by atoms with E-state index >= 15 is 0 Å². The molecular weight excluding hydrogens is 321 g/mol. The van der Waals surface area contributed by atoms with Gasteiger partial charge in [-0.1, -0.05) is 23.7 Å². The van der Waals surface area contributed by atoms with Crippen molar-refractivity contribution in [1.29, 1.82) is 0 Å². The summed E-state index contributed by atoms with van der Waals surface area (Å²) in [6.45, 7) is 9.00. The molecule has 1 aromatic rings. The lowest BCUT2D eigenvalue weighted by Crippen LogP contribution is -2.51. The number of halogens is 2. The second-order valence-electron chi connectivity index (χ2n) is 6.54. The Balaban J connectivity index is 0.00000242. The highest BCUT2D eigenvalue weighted by molar-refractivity contribution is 6.30. The highest BCUT2D eigenvalue weighted by atomic mass is 35.5. The van der Waals surface area contributed by atoms with E-state index in [9.17, 15) is 4.79 Å². The normalized spacial score (nSPS) is 19.4. The Morgan fingerprint density at radius 3 is 2.82 bits per heavy atom. The van der Waals surface area contributed by atoms with Crippen molar-refractivity contribution in [3.8, 4) is 0 Å². The van der Waals surface area contributed by atoms with Crippen molar-refractivity contribution in [2.75, 3.05) is 26.2 Å². The number of hydrogen-bond acceptors (Lipinski definition) is 3. The highest BCUT2D eigenvalue weighted by Crippen LogP contribution is 2.24. The smallest absolute Gasteiger partial charge is 0.234 e. The van der Waals surface area contributed by atoms with Crippen molar-refractivity contribution >= 4 is 29.9 Å². The quantitative estimate of drug-likeness (QED) is 0.884. The molecule has 0 radical (unpaired) electrons. The van der Waals surface area contributed by atoms with E-state index in [0.717, 1.165) is 30.2 Å². The Bertz CT molecular complexity index is 502. The Morgan fingerprint density at radius 1 is 1.45 bits per heavy atom. The zero-order valence-electron chi connectivity index (χ0n) is 13.4. The van der Waals surface area contributed by atoms with Crippen molar-refractivity contribution in [3.63, 3.8) is 0 Å². The Morgan fingerprint density at radius 2 is 2.18 bits per heavy atom. The van der Waals surface area contributed by atoms with Gasteiger partial charge in [0.2, 0.25) is 5.91 Å². The van der Waals surface area contributed by atoms with Gasteiger partial charge in [-0.3, -0.25) is 9.69 Å². The molecule has 1 fully saturated rings. The molecule has 1 amide bonds. The molecule has 1 aromatic carbocycles. The first kappa shape index (κ1) is 19.2. The summed E-state index contributed by atoms with van der Waals surface area (Å²) in [4.78, 5) is 14.4. The molecule has 0 aromatic heterocycles. The Hall–Kier alpha value is -0.810. The zero-order chi connectivity index (χ0) is 15.5. The molecular formula is C16H25Cl2N3O. The summed E-state index contributed by atoms with van der Waals surface area (Å²) in [5.74, 6) is 0.0661. The lowest BCUT2D eigenvalue weighted by molar-refractivity contribution is -0.124. The van der Waals surface area contributed by atoms with Gasteiger partial charge in [-0.2, -0.15) is 0 Å².